The zero-order valence-corrected chi connectivity index (χ0v) is 12.6. The van der Waals surface area contributed by atoms with E-state index >= 15 is 0 Å². The third kappa shape index (κ3) is 3.36. The maximum absolute atomic E-state index is 11.4. The number of methoxy groups -OCH3 is 1. The molecule has 0 aromatic carbocycles. The molecule has 2 aromatic rings. The number of thiophene rings is 1. The smallest absolute Gasteiger partial charge is 0.318 e. The summed E-state index contributed by atoms with van der Waals surface area (Å²) in [7, 11) is 3.30. The van der Waals surface area contributed by atoms with Crippen LogP contribution in [0.5, 0.6) is 0 Å². The van der Waals surface area contributed by atoms with E-state index < -0.39 is 0 Å². The third-order valence-electron chi connectivity index (χ3n) is 2.65. The van der Waals surface area contributed by atoms with Gasteiger partial charge in [0.15, 0.2) is 5.16 Å². The van der Waals surface area contributed by atoms with Crippen LogP contribution >= 0.6 is 23.1 Å². The SMILES string of the molecule is COC(=O)[C@@H](C)Sc1nnc(Cc2cccs2)n1C. The second-order valence-corrected chi connectivity index (χ2v) is 6.34. The highest BCUT2D eigenvalue weighted by atomic mass is 32.2. The van der Waals surface area contributed by atoms with E-state index in [1.54, 1.807) is 18.3 Å². The molecule has 0 N–H and O–H groups in total. The van der Waals surface area contributed by atoms with Crippen LogP contribution in [0.1, 0.15) is 17.6 Å². The Balaban J connectivity index is 2.08. The molecule has 2 heterocycles. The second kappa shape index (κ2) is 6.21. The van der Waals surface area contributed by atoms with Gasteiger partial charge in [-0.2, -0.15) is 0 Å². The number of aromatic nitrogens is 3. The summed E-state index contributed by atoms with van der Waals surface area (Å²) in [6.07, 6.45) is 0.758. The molecule has 0 aliphatic rings. The molecular formula is C12H15N3O2S2. The lowest BCUT2D eigenvalue weighted by molar-refractivity contribution is -0.139. The molecule has 0 aliphatic carbocycles. The molecule has 0 fully saturated rings. The molecule has 0 spiro atoms. The molecule has 0 aliphatic heterocycles. The molecule has 1 atom stereocenters. The van der Waals surface area contributed by atoms with Gasteiger partial charge in [0.1, 0.15) is 11.1 Å². The first-order valence-electron chi connectivity index (χ1n) is 5.77. The average molecular weight is 297 g/mol. The molecule has 19 heavy (non-hydrogen) atoms. The first-order chi connectivity index (χ1) is 9.11. The number of hydrogen-bond donors (Lipinski definition) is 0. The summed E-state index contributed by atoms with van der Waals surface area (Å²) in [5, 5.41) is 10.8. The summed E-state index contributed by atoms with van der Waals surface area (Å²) in [6.45, 7) is 1.80. The Labute approximate surface area is 120 Å². The van der Waals surface area contributed by atoms with E-state index in [0.717, 1.165) is 17.4 Å². The van der Waals surface area contributed by atoms with Gasteiger partial charge in [0.25, 0.3) is 0 Å². The van der Waals surface area contributed by atoms with Gasteiger partial charge in [-0.15, -0.1) is 21.5 Å². The van der Waals surface area contributed by atoms with Gasteiger partial charge in [-0.25, -0.2) is 0 Å². The lowest BCUT2D eigenvalue weighted by Crippen LogP contribution is -2.15. The lowest BCUT2D eigenvalue weighted by atomic mass is 10.3. The van der Waals surface area contributed by atoms with E-state index in [1.165, 1.54) is 23.7 Å². The van der Waals surface area contributed by atoms with Crippen molar-refractivity contribution in [3.05, 3.63) is 28.2 Å². The van der Waals surface area contributed by atoms with Gasteiger partial charge >= 0.3 is 5.97 Å². The highest BCUT2D eigenvalue weighted by Crippen LogP contribution is 2.23. The summed E-state index contributed by atoms with van der Waals surface area (Å²) in [4.78, 5) is 12.6. The molecule has 0 amide bonds. The summed E-state index contributed by atoms with van der Waals surface area (Å²) in [6, 6.07) is 4.09. The Hall–Kier alpha value is -1.34. The van der Waals surface area contributed by atoms with Crippen molar-refractivity contribution in [2.24, 2.45) is 7.05 Å². The Morgan fingerprint density at radius 1 is 1.58 bits per heavy atom. The van der Waals surface area contributed by atoms with Gasteiger partial charge in [-0.3, -0.25) is 4.79 Å². The van der Waals surface area contributed by atoms with Gasteiger partial charge in [0.2, 0.25) is 0 Å². The van der Waals surface area contributed by atoms with E-state index in [9.17, 15) is 4.79 Å². The van der Waals surface area contributed by atoms with Gasteiger partial charge in [0.05, 0.1) is 7.11 Å². The van der Waals surface area contributed by atoms with Crippen LogP contribution in [0.2, 0.25) is 0 Å². The highest BCUT2D eigenvalue weighted by Gasteiger charge is 2.19. The van der Waals surface area contributed by atoms with Crippen molar-refractivity contribution >= 4 is 29.1 Å². The fourth-order valence-electron chi connectivity index (χ4n) is 1.54. The zero-order valence-electron chi connectivity index (χ0n) is 11.0. The number of thioether (sulfide) groups is 1. The molecule has 0 radical (unpaired) electrons. The van der Waals surface area contributed by atoms with E-state index in [0.29, 0.717) is 0 Å². The minimum atomic E-state index is -0.289. The van der Waals surface area contributed by atoms with Gasteiger partial charge in [0, 0.05) is 18.3 Å². The van der Waals surface area contributed by atoms with Gasteiger partial charge < -0.3 is 9.30 Å². The van der Waals surface area contributed by atoms with E-state index in [1.807, 2.05) is 23.1 Å². The normalized spacial score (nSPS) is 12.4. The Morgan fingerprint density at radius 2 is 2.37 bits per heavy atom. The number of rotatable bonds is 5. The fourth-order valence-corrected chi connectivity index (χ4v) is 3.10. The minimum absolute atomic E-state index is 0.257. The van der Waals surface area contributed by atoms with Gasteiger partial charge in [-0.05, 0) is 18.4 Å². The van der Waals surface area contributed by atoms with Crippen LogP contribution in [0.4, 0.5) is 0 Å². The quantitative estimate of drug-likeness (QED) is 0.625. The Bertz CT molecular complexity index is 551. The predicted molar refractivity (Wildman–Crippen MR) is 75.5 cm³/mol. The molecule has 5 nitrogen and oxygen atoms in total. The van der Waals surface area contributed by atoms with Crippen molar-refractivity contribution < 1.29 is 9.53 Å². The molecule has 0 unspecified atom stereocenters. The van der Waals surface area contributed by atoms with Crippen LogP contribution in [-0.2, 0) is 23.0 Å². The first-order valence-corrected chi connectivity index (χ1v) is 7.53. The number of nitrogens with zero attached hydrogens (tertiary/aromatic N) is 3. The first kappa shape index (κ1) is 14.1. The number of carbonyl (C=O) groups excluding carboxylic acids is 1. The molecule has 7 heteroatoms. The van der Waals surface area contributed by atoms with E-state index in [-0.39, 0.29) is 11.2 Å². The summed E-state index contributed by atoms with van der Waals surface area (Å²) in [5.74, 6) is 0.634. The lowest BCUT2D eigenvalue weighted by Gasteiger charge is -2.08. The summed E-state index contributed by atoms with van der Waals surface area (Å²) in [5.41, 5.74) is 0. The third-order valence-corrected chi connectivity index (χ3v) is 4.64. The molecule has 0 bridgehead atoms. The highest BCUT2D eigenvalue weighted by molar-refractivity contribution is 8.00. The molecule has 102 valence electrons. The molecule has 0 saturated carbocycles. The predicted octanol–water partition coefficient (Wildman–Crippen LogP) is 2.12. The van der Waals surface area contributed by atoms with Crippen molar-refractivity contribution in [2.45, 2.75) is 23.8 Å². The second-order valence-electron chi connectivity index (χ2n) is 4.00. The minimum Gasteiger partial charge on any atom is -0.468 e. The Morgan fingerprint density at radius 3 is 3.00 bits per heavy atom. The molecule has 2 rings (SSSR count). The zero-order chi connectivity index (χ0) is 13.8. The number of esters is 1. The van der Waals surface area contributed by atoms with E-state index in [4.69, 9.17) is 4.74 Å². The fraction of sp³-hybridized carbons (Fsp3) is 0.417. The van der Waals surface area contributed by atoms with Crippen LogP contribution in [-0.4, -0.2) is 33.1 Å². The standard InChI is InChI=1S/C12H15N3O2S2/c1-8(11(16)17-3)19-12-14-13-10(15(12)2)7-9-5-4-6-18-9/h4-6,8H,7H2,1-3H3/t8-/m1/s1. The van der Waals surface area contributed by atoms with Crippen molar-refractivity contribution in [1.82, 2.24) is 14.8 Å². The molecular weight excluding hydrogens is 282 g/mol. The maximum atomic E-state index is 11.4. The number of ether oxygens (including phenoxy) is 1. The number of carbonyl (C=O) groups is 1. The van der Waals surface area contributed by atoms with Crippen LogP contribution < -0.4 is 0 Å². The Kier molecular flexibility index (Phi) is 4.60. The van der Waals surface area contributed by atoms with Crippen LogP contribution in [0.15, 0.2) is 22.7 Å². The largest absolute Gasteiger partial charge is 0.468 e. The van der Waals surface area contributed by atoms with E-state index in [2.05, 4.69) is 16.3 Å². The van der Waals surface area contributed by atoms with Crippen molar-refractivity contribution in [3.8, 4) is 0 Å². The average Bonchev–Trinajstić information content (AvgIpc) is 3.02. The molecule has 2 aromatic heterocycles. The van der Waals surface area contributed by atoms with Crippen molar-refractivity contribution in [1.29, 1.82) is 0 Å². The summed E-state index contributed by atoms with van der Waals surface area (Å²) < 4.78 is 6.62. The van der Waals surface area contributed by atoms with Crippen molar-refractivity contribution in [2.75, 3.05) is 7.11 Å². The van der Waals surface area contributed by atoms with Crippen molar-refractivity contribution in [3.63, 3.8) is 0 Å². The van der Waals surface area contributed by atoms with Gasteiger partial charge in [-0.1, -0.05) is 17.8 Å². The van der Waals surface area contributed by atoms with Crippen LogP contribution in [0, 0.1) is 0 Å². The number of hydrogen-bond acceptors (Lipinski definition) is 6. The summed E-state index contributed by atoms with van der Waals surface area (Å²) >= 11 is 3.05. The topological polar surface area (TPSA) is 57.0 Å². The molecule has 0 saturated heterocycles. The van der Waals surface area contributed by atoms with Crippen LogP contribution in [0.3, 0.4) is 0 Å². The van der Waals surface area contributed by atoms with Crippen LogP contribution in [0.25, 0.3) is 0 Å². The maximum Gasteiger partial charge on any atom is 0.318 e. The monoisotopic (exact) mass is 297 g/mol.